The minimum atomic E-state index is -0.375. The minimum Gasteiger partial charge on any atom is -0.462 e. The number of esters is 1. The molecule has 3 heterocycles. The van der Waals surface area contributed by atoms with E-state index < -0.39 is 0 Å². The van der Waals surface area contributed by atoms with Crippen molar-refractivity contribution >= 4 is 40.0 Å². The number of thiophene rings is 1. The Morgan fingerprint density at radius 2 is 2.16 bits per heavy atom. The van der Waals surface area contributed by atoms with E-state index in [0.29, 0.717) is 34.8 Å². The Kier molecular flexibility index (Phi) is 6.71. The Bertz CT molecular complexity index is 1090. The smallest absolute Gasteiger partial charge is 0.341 e. The molecule has 1 aliphatic carbocycles. The average Bonchev–Trinajstić information content (AvgIpc) is 3.45. The van der Waals surface area contributed by atoms with E-state index in [0.717, 1.165) is 53.6 Å². The lowest BCUT2D eigenvalue weighted by Crippen LogP contribution is -2.17. The Morgan fingerprint density at radius 1 is 1.32 bits per heavy atom. The summed E-state index contributed by atoms with van der Waals surface area (Å²) in [6.45, 7) is 4.35. The van der Waals surface area contributed by atoms with Crippen LogP contribution in [-0.4, -0.2) is 44.2 Å². The molecule has 3 aromatic rings. The number of hydrogen-bond acceptors (Lipinski definition) is 9. The zero-order chi connectivity index (χ0) is 21.8. The monoisotopic (exact) mass is 461 g/mol. The fourth-order valence-electron chi connectivity index (χ4n) is 3.41. The molecule has 0 radical (unpaired) electrons. The second-order valence-electron chi connectivity index (χ2n) is 7.09. The van der Waals surface area contributed by atoms with Gasteiger partial charge in [-0.05, 0) is 51.2 Å². The van der Waals surface area contributed by atoms with Gasteiger partial charge in [-0.25, -0.2) is 4.79 Å². The van der Waals surface area contributed by atoms with Crippen LogP contribution in [0.4, 0.5) is 5.00 Å². The molecule has 1 amide bonds. The van der Waals surface area contributed by atoms with Gasteiger partial charge in [0.2, 0.25) is 11.8 Å². The first-order chi connectivity index (χ1) is 15.0. The number of aryl methyl sites for hydroxylation is 2. The van der Waals surface area contributed by atoms with E-state index in [1.165, 1.54) is 11.3 Å². The van der Waals surface area contributed by atoms with Gasteiger partial charge in [-0.2, -0.15) is 5.10 Å². The zero-order valence-corrected chi connectivity index (χ0v) is 19.0. The third kappa shape index (κ3) is 5.16. The van der Waals surface area contributed by atoms with Crippen LogP contribution in [0.5, 0.6) is 0 Å². The van der Waals surface area contributed by atoms with Crippen LogP contribution < -0.4 is 5.32 Å². The Hall–Kier alpha value is -2.66. The second-order valence-corrected chi connectivity index (χ2v) is 9.12. The first-order valence-electron chi connectivity index (χ1n) is 10.1. The van der Waals surface area contributed by atoms with Gasteiger partial charge < -0.3 is 14.5 Å². The van der Waals surface area contributed by atoms with Gasteiger partial charge in [-0.1, -0.05) is 11.8 Å². The molecule has 0 saturated heterocycles. The highest BCUT2D eigenvalue weighted by Gasteiger charge is 2.27. The maximum absolute atomic E-state index is 12.6. The molecule has 0 aromatic carbocycles. The summed E-state index contributed by atoms with van der Waals surface area (Å²) in [4.78, 5) is 26.2. The standard InChI is InChI=1S/C20H23N5O4S2/c1-3-28-19(27)17-13-6-4-5-7-14(13)31-18(17)21-15(26)11-30-20-23-22-16(29-20)10-25-9-8-12(2)24-25/h8-9H,3-7,10-11H2,1-2H3,(H,21,26). The van der Waals surface area contributed by atoms with Gasteiger partial charge in [-0.15, -0.1) is 21.5 Å². The number of fused-ring (bicyclic) bond motifs is 1. The van der Waals surface area contributed by atoms with Gasteiger partial charge in [0.15, 0.2) is 0 Å². The van der Waals surface area contributed by atoms with Crippen LogP contribution in [0, 0.1) is 6.92 Å². The van der Waals surface area contributed by atoms with Gasteiger partial charge in [0.05, 0.1) is 23.6 Å². The van der Waals surface area contributed by atoms with Crippen molar-refractivity contribution < 1.29 is 18.7 Å². The van der Waals surface area contributed by atoms with Crippen LogP contribution in [0.2, 0.25) is 0 Å². The molecule has 0 fully saturated rings. The predicted octanol–water partition coefficient (Wildman–Crippen LogP) is 3.47. The quantitative estimate of drug-likeness (QED) is 0.401. The van der Waals surface area contributed by atoms with E-state index in [1.807, 2.05) is 19.2 Å². The Labute approximate surface area is 187 Å². The third-order valence-corrected chi connectivity index (χ3v) is 6.78. The molecule has 0 aliphatic heterocycles. The molecule has 3 aromatic heterocycles. The van der Waals surface area contributed by atoms with E-state index in [2.05, 4.69) is 20.6 Å². The van der Waals surface area contributed by atoms with Gasteiger partial charge in [-0.3, -0.25) is 9.48 Å². The van der Waals surface area contributed by atoms with Crippen LogP contribution in [-0.2, 0) is 28.9 Å². The maximum atomic E-state index is 12.6. The molecule has 9 nitrogen and oxygen atoms in total. The summed E-state index contributed by atoms with van der Waals surface area (Å²) >= 11 is 2.62. The summed E-state index contributed by atoms with van der Waals surface area (Å²) in [6, 6.07) is 1.89. The highest BCUT2D eigenvalue weighted by molar-refractivity contribution is 7.99. The van der Waals surface area contributed by atoms with Crippen LogP contribution in [0.1, 0.15) is 52.1 Å². The Morgan fingerprint density at radius 3 is 2.94 bits per heavy atom. The molecule has 0 unspecified atom stereocenters. The summed E-state index contributed by atoms with van der Waals surface area (Å²) < 4.78 is 12.5. The van der Waals surface area contributed by atoms with Crippen LogP contribution in [0.15, 0.2) is 21.9 Å². The van der Waals surface area contributed by atoms with Crippen molar-refractivity contribution in [2.75, 3.05) is 17.7 Å². The highest BCUT2D eigenvalue weighted by Crippen LogP contribution is 2.38. The third-order valence-electron chi connectivity index (χ3n) is 4.75. The lowest BCUT2D eigenvalue weighted by Gasteiger charge is -2.12. The first kappa shape index (κ1) is 21.6. The number of rotatable bonds is 8. The number of ether oxygens (including phenoxy) is 1. The molecule has 31 heavy (non-hydrogen) atoms. The SMILES string of the molecule is CCOC(=O)c1c(NC(=O)CSc2nnc(Cn3ccc(C)n3)o2)sc2c1CCCC2. The minimum absolute atomic E-state index is 0.0906. The van der Waals surface area contributed by atoms with Crippen molar-refractivity contribution in [3.05, 3.63) is 39.9 Å². The summed E-state index contributed by atoms with van der Waals surface area (Å²) in [5.74, 6) is -0.105. The number of carbonyl (C=O) groups excluding carboxylic acids is 2. The number of aromatic nitrogens is 4. The van der Waals surface area contributed by atoms with Gasteiger partial charge in [0.1, 0.15) is 11.5 Å². The van der Waals surface area contributed by atoms with E-state index in [1.54, 1.807) is 11.6 Å². The van der Waals surface area contributed by atoms with Crippen molar-refractivity contribution in [2.45, 2.75) is 51.3 Å². The number of nitrogens with zero attached hydrogens (tertiary/aromatic N) is 4. The molecular weight excluding hydrogens is 438 g/mol. The van der Waals surface area contributed by atoms with Crippen molar-refractivity contribution in [1.29, 1.82) is 0 Å². The summed E-state index contributed by atoms with van der Waals surface area (Å²) in [5.41, 5.74) is 2.44. The van der Waals surface area contributed by atoms with Crippen molar-refractivity contribution in [3.8, 4) is 0 Å². The maximum Gasteiger partial charge on any atom is 0.341 e. The van der Waals surface area contributed by atoms with Gasteiger partial charge in [0.25, 0.3) is 5.22 Å². The van der Waals surface area contributed by atoms with Crippen molar-refractivity contribution in [3.63, 3.8) is 0 Å². The second kappa shape index (κ2) is 9.65. The fourth-order valence-corrected chi connectivity index (χ4v) is 5.29. The zero-order valence-electron chi connectivity index (χ0n) is 17.3. The summed E-state index contributed by atoms with van der Waals surface area (Å²) in [7, 11) is 0. The molecule has 164 valence electrons. The number of amides is 1. The topological polar surface area (TPSA) is 112 Å². The number of anilines is 1. The molecule has 1 aliphatic rings. The predicted molar refractivity (Wildman–Crippen MR) is 117 cm³/mol. The molecule has 4 rings (SSSR count). The number of nitrogens with one attached hydrogen (secondary N) is 1. The summed E-state index contributed by atoms with van der Waals surface area (Å²) in [6.07, 6.45) is 5.73. The van der Waals surface area contributed by atoms with E-state index in [-0.39, 0.29) is 17.6 Å². The van der Waals surface area contributed by atoms with Crippen molar-refractivity contribution in [1.82, 2.24) is 20.0 Å². The molecule has 11 heteroatoms. The highest BCUT2D eigenvalue weighted by atomic mass is 32.2. The molecular formula is C20H23N5O4S2. The largest absolute Gasteiger partial charge is 0.462 e. The molecule has 0 saturated carbocycles. The van der Waals surface area contributed by atoms with Crippen LogP contribution in [0.25, 0.3) is 0 Å². The number of thioether (sulfide) groups is 1. The van der Waals surface area contributed by atoms with Crippen LogP contribution in [0.3, 0.4) is 0 Å². The summed E-state index contributed by atoms with van der Waals surface area (Å²) in [5, 5.41) is 16.0. The normalized spacial score (nSPS) is 13.1. The first-order valence-corrected chi connectivity index (χ1v) is 11.9. The molecule has 1 N–H and O–H groups in total. The van der Waals surface area contributed by atoms with Crippen molar-refractivity contribution in [2.24, 2.45) is 0 Å². The average molecular weight is 462 g/mol. The lowest BCUT2D eigenvalue weighted by molar-refractivity contribution is -0.113. The number of hydrogen-bond donors (Lipinski definition) is 1. The van der Waals surface area contributed by atoms with Gasteiger partial charge >= 0.3 is 5.97 Å². The van der Waals surface area contributed by atoms with Gasteiger partial charge in [0, 0.05) is 11.1 Å². The molecule has 0 atom stereocenters. The Balaban J connectivity index is 1.38. The lowest BCUT2D eigenvalue weighted by atomic mass is 9.95. The van der Waals surface area contributed by atoms with E-state index in [9.17, 15) is 9.59 Å². The van der Waals surface area contributed by atoms with Crippen LogP contribution >= 0.6 is 23.1 Å². The fraction of sp³-hybridized carbons (Fsp3) is 0.450. The number of carbonyl (C=O) groups is 2. The van der Waals surface area contributed by atoms with E-state index >= 15 is 0 Å². The molecule has 0 spiro atoms. The van der Waals surface area contributed by atoms with E-state index in [4.69, 9.17) is 9.15 Å². The molecule has 0 bridgehead atoms.